The summed E-state index contributed by atoms with van der Waals surface area (Å²) < 4.78 is 20.2. The average Bonchev–Trinajstić information content (AvgIpc) is 3.54. The Balaban J connectivity index is 1.53. The summed E-state index contributed by atoms with van der Waals surface area (Å²) in [6.07, 6.45) is 0.863. The summed E-state index contributed by atoms with van der Waals surface area (Å²) >= 11 is 2.67. The number of hydrogen-bond acceptors (Lipinski definition) is 8. The average molecular weight is 590 g/mol. The van der Waals surface area contributed by atoms with Crippen LogP contribution in [0.15, 0.2) is 88.8 Å². The van der Waals surface area contributed by atoms with Gasteiger partial charge in [0.2, 0.25) is 5.13 Å². The van der Waals surface area contributed by atoms with Crippen molar-refractivity contribution in [3.8, 4) is 5.75 Å². The summed E-state index contributed by atoms with van der Waals surface area (Å²) in [5.74, 6) is -0.876. The number of rotatable bonds is 10. The van der Waals surface area contributed by atoms with Crippen LogP contribution < -0.4 is 9.64 Å². The van der Waals surface area contributed by atoms with Gasteiger partial charge in [0, 0.05) is 11.3 Å². The third kappa shape index (κ3) is 6.49. The number of aromatic nitrogens is 2. The first-order chi connectivity index (χ1) is 19.8. The number of carbonyl (C=O) groups is 2. The predicted molar refractivity (Wildman–Crippen MR) is 158 cm³/mol. The van der Waals surface area contributed by atoms with Crippen molar-refractivity contribution >= 4 is 45.7 Å². The van der Waals surface area contributed by atoms with Gasteiger partial charge in [-0.05, 0) is 59.9 Å². The normalized spacial score (nSPS) is 16.5. The number of amides is 1. The van der Waals surface area contributed by atoms with Gasteiger partial charge < -0.3 is 9.84 Å². The van der Waals surface area contributed by atoms with E-state index < -0.39 is 29.3 Å². The van der Waals surface area contributed by atoms with Crippen LogP contribution in [0.2, 0.25) is 0 Å². The number of halogens is 1. The van der Waals surface area contributed by atoms with E-state index in [0.29, 0.717) is 33.9 Å². The maximum atomic E-state index is 13.6. The van der Waals surface area contributed by atoms with Crippen molar-refractivity contribution < 1.29 is 23.8 Å². The van der Waals surface area contributed by atoms with Crippen molar-refractivity contribution in [2.45, 2.75) is 36.4 Å². The van der Waals surface area contributed by atoms with Gasteiger partial charge >= 0.3 is 5.91 Å². The van der Waals surface area contributed by atoms with E-state index >= 15 is 0 Å². The van der Waals surface area contributed by atoms with Gasteiger partial charge in [0.25, 0.3) is 5.78 Å². The fraction of sp³-hybridized carbons (Fsp3) is 0.226. The Kier molecular flexibility index (Phi) is 8.80. The molecule has 1 aliphatic heterocycles. The number of carbonyl (C=O) groups excluding carboxylic acids is 2. The summed E-state index contributed by atoms with van der Waals surface area (Å²) in [5.41, 5.74) is 1.77. The van der Waals surface area contributed by atoms with E-state index in [9.17, 15) is 19.1 Å². The molecule has 1 amide bonds. The molecule has 1 aromatic heterocycles. The van der Waals surface area contributed by atoms with Crippen molar-refractivity contribution in [2.75, 3.05) is 11.5 Å². The minimum absolute atomic E-state index is 0.116. The SMILES string of the molecule is CC(C)CCOc1cccc(C2C(=C(O)c3ccc(F)cc3)C(=O)C(=O)N2c2nnc(SCc3ccccc3)s2)c1. The van der Waals surface area contributed by atoms with Crippen LogP contribution >= 0.6 is 23.1 Å². The van der Waals surface area contributed by atoms with Crippen molar-refractivity contribution in [1.29, 1.82) is 0 Å². The number of ether oxygens (including phenoxy) is 1. The summed E-state index contributed by atoms with van der Waals surface area (Å²) in [7, 11) is 0. The monoisotopic (exact) mass is 589 g/mol. The van der Waals surface area contributed by atoms with Gasteiger partial charge in [-0.15, -0.1) is 10.2 Å². The molecule has 1 aliphatic rings. The maximum absolute atomic E-state index is 13.6. The van der Waals surface area contributed by atoms with Gasteiger partial charge in [0.1, 0.15) is 17.3 Å². The molecule has 1 saturated heterocycles. The number of Topliss-reactive ketones (excluding diaryl/α,β-unsaturated/α-hetero) is 1. The van der Waals surface area contributed by atoms with Gasteiger partial charge in [-0.2, -0.15) is 0 Å². The molecule has 7 nitrogen and oxygen atoms in total. The highest BCUT2D eigenvalue weighted by atomic mass is 32.2. The van der Waals surface area contributed by atoms with Crippen molar-refractivity contribution in [3.05, 3.63) is 107 Å². The molecule has 1 atom stereocenters. The number of benzene rings is 3. The van der Waals surface area contributed by atoms with E-state index in [1.54, 1.807) is 24.3 Å². The predicted octanol–water partition coefficient (Wildman–Crippen LogP) is 7.02. The Morgan fingerprint density at radius 1 is 1.05 bits per heavy atom. The topological polar surface area (TPSA) is 92.6 Å². The van der Waals surface area contributed by atoms with Crippen molar-refractivity contribution in [2.24, 2.45) is 5.92 Å². The van der Waals surface area contributed by atoms with Crippen LogP contribution in [-0.2, 0) is 15.3 Å². The number of ketones is 1. The Hall–Kier alpha value is -4.02. The quantitative estimate of drug-likeness (QED) is 0.0699. The minimum atomic E-state index is -0.992. The lowest BCUT2D eigenvalue weighted by atomic mass is 9.95. The molecule has 41 heavy (non-hydrogen) atoms. The van der Waals surface area contributed by atoms with E-state index in [2.05, 4.69) is 24.0 Å². The van der Waals surface area contributed by atoms with Crippen molar-refractivity contribution in [1.82, 2.24) is 10.2 Å². The Morgan fingerprint density at radius 2 is 1.80 bits per heavy atom. The molecule has 1 N–H and O–H groups in total. The molecule has 1 fully saturated rings. The molecule has 3 aromatic carbocycles. The number of aliphatic hydroxyl groups excluding tert-OH is 1. The molecule has 4 aromatic rings. The molecule has 0 radical (unpaired) electrons. The highest BCUT2D eigenvalue weighted by Crippen LogP contribution is 2.44. The molecule has 2 heterocycles. The highest BCUT2D eigenvalue weighted by Gasteiger charge is 2.48. The lowest BCUT2D eigenvalue weighted by Gasteiger charge is -2.23. The van der Waals surface area contributed by atoms with Gasteiger partial charge in [-0.1, -0.05) is 79.4 Å². The summed E-state index contributed by atoms with van der Waals surface area (Å²) in [5, 5.41) is 20.0. The molecule has 0 spiro atoms. The first-order valence-electron chi connectivity index (χ1n) is 13.1. The van der Waals surface area contributed by atoms with E-state index in [0.717, 1.165) is 12.0 Å². The number of thioether (sulfide) groups is 1. The molecular weight excluding hydrogens is 561 g/mol. The van der Waals surface area contributed by atoms with Crippen LogP contribution in [0.25, 0.3) is 5.76 Å². The Bertz CT molecular complexity index is 1570. The zero-order chi connectivity index (χ0) is 28.9. The van der Waals surface area contributed by atoms with Gasteiger partial charge in [-0.3, -0.25) is 14.5 Å². The minimum Gasteiger partial charge on any atom is -0.507 e. The molecular formula is C31H28FN3O4S2. The van der Waals surface area contributed by atoms with Gasteiger partial charge in [0.05, 0.1) is 18.2 Å². The van der Waals surface area contributed by atoms with Gasteiger partial charge in [0.15, 0.2) is 4.34 Å². The van der Waals surface area contributed by atoms with Gasteiger partial charge in [-0.25, -0.2) is 4.39 Å². The van der Waals surface area contributed by atoms with Crippen LogP contribution in [0, 0.1) is 11.7 Å². The van der Waals surface area contributed by atoms with Crippen LogP contribution in [0.5, 0.6) is 5.75 Å². The largest absolute Gasteiger partial charge is 0.507 e. The highest BCUT2D eigenvalue weighted by molar-refractivity contribution is 8.00. The summed E-state index contributed by atoms with van der Waals surface area (Å²) in [6, 6.07) is 21.1. The molecule has 0 bridgehead atoms. The Morgan fingerprint density at radius 3 is 2.54 bits per heavy atom. The van der Waals surface area contributed by atoms with Crippen LogP contribution in [-0.4, -0.2) is 33.6 Å². The van der Waals surface area contributed by atoms with Crippen LogP contribution in [0.1, 0.15) is 43.0 Å². The number of nitrogens with zero attached hydrogens (tertiary/aromatic N) is 3. The van der Waals surface area contributed by atoms with E-state index in [1.165, 1.54) is 52.3 Å². The van der Waals surface area contributed by atoms with E-state index in [4.69, 9.17) is 4.74 Å². The third-order valence-electron chi connectivity index (χ3n) is 6.51. The second kappa shape index (κ2) is 12.7. The van der Waals surface area contributed by atoms with E-state index in [1.807, 2.05) is 30.3 Å². The number of aliphatic hydroxyl groups is 1. The molecule has 1 unspecified atom stereocenters. The van der Waals surface area contributed by atoms with Crippen LogP contribution in [0.4, 0.5) is 9.52 Å². The van der Waals surface area contributed by atoms with E-state index in [-0.39, 0.29) is 16.3 Å². The molecule has 210 valence electrons. The number of anilines is 1. The van der Waals surface area contributed by atoms with Crippen molar-refractivity contribution in [3.63, 3.8) is 0 Å². The Labute approximate surface area is 245 Å². The second-order valence-electron chi connectivity index (χ2n) is 9.90. The fourth-order valence-corrected chi connectivity index (χ4v) is 6.20. The first-order valence-corrected chi connectivity index (χ1v) is 14.9. The smallest absolute Gasteiger partial charge is 0.301 e. The third-order valence-corrected chi connectivity index (χ3v) is 8.63. The fourth-order valence-electron chi connectivity index (χ4n) is 4.37. The lowest BCUT2D eigenvalue weighted by Crippen LogP contribution is -2.29. The maximum Gasteiger partial charge on any atom is 0.301 e. The molecule has 10 heteroatoms. The second-order valence-corrected chi connectivity index (χ2v) is 12.1. The summed E-state index contributed by atoms with van der Waals surface area (Å²) in [4.78, 5) is 28.2. The standard InChI is InChI=1S/C31H28FN3O4S2/c1-19(2)15-16-39-24-10-6-9-22(17-24)26-25(27(36)21-11-13-23(32)14-12-21)28(37)29(38)35(26)30-33-34-31(41-30)40-18-20-7-4-3-5-8-20/h3-14,17,19,26,36H,15-16,18H2,1-2H3. The molecule has 0 aliphatic carbocycles. The zero-order valence-corrected chi connectivity index (χ0v) is 24.1. The zero-order valence-electron chi connectivity index (χ0n) is 22.5. The molecule has 5 rings (SSSR count). The first kappa shape index (κ1) is 28.5. The lowest BCUT2D eigenvalue weighted by molar-refractivity contribution is -0.132. The summed E-state index contributed by atoms with van der Waals surface area (Å²) in [6.45, 7) is 4.73. The number of hydrogen-bond donors (Lipinski definition) is 1. The van der Waals surface area contributed by atoms with Crippen LogP contribution in [0.3, 0.4) is 0 Å². The molecule has 0 saturated carbocycles.